The quantitative estimate of drug-likeness (QED) is 0.372. The van der Waals surface area contributed by atoms with E-state index < -0.39 is 19.6 Å². The second-order valence-electron chi connectivity index (χ2n) is 8.86. The molecule has 0 amide bonds. The van der Waals surface area contributed by atoms with E-state index in [1.807, 2.05) is 0 Å². The summed E-state index contributed by atoms with van der Waals surface area (Å²) < 4.78 is 12.9. The molecule has 0 spiro atoms. The highest BCUT2D eigenvalue weighted by molar-refractivity contribution is 6.74. The number of aromatic amines is 1. The molecule has 1 N–H and O–H groups in total. The third-order valence-electron chi connectivity index (χ3n) is 5.60. The summed E-state index contributed by atoms with van der Waals surface area (Å²) in [6, 6.07) is 8.56. The summed E-state index contributed by atoms with van der Waals surface area (Å²) in [5, 5.41) is 0.140. The minimum absolute atomic E-state index is 0.0486. The van der Waals surface area contributed by atoms with Gasteiger partial charge in [-0.3, -0.25) is 19.1 Å². The van der Waals surface area contributed by atoms with Gasteiger partial charge in [0.1, 0.15) is 12.4 Å². The molecule has 0 fully saturated rings. The Kier molecular flexibility index (Phi) is 7.74. The van der Waals surface area contributed by atoms with E-state index in [9.17, 15) is 14.4 Å². The number of H-pyrrole nitrogens is 1. The maximum Gasteiger partial charge on any atom is 0.330 e. The second-order valence-corrected chi connectivity index (χ2v) is 13.7. The average molecular weight is 433 g/mol. The third kappa shape index (κ3) is 5.65. The lowest BCUT2D eigenvalue weighted by Gasteiger charge is -2.36. The molecule has 0 atom stereocenters. The Balaban J connectivity index is 2.08. The lowest BCUT2D eigenvalue weighted by atomic mass is 10.1. The average Bonchev–Trinajstić information content (AvgIpc) is 2.67. The van der Waals surface area contributed by atoms with Crippen LogP contribution in [0.2, 0.25) is 18.1 Å². The first-order valence-electron chi connectivity index (χ1n) is 10.1. The highest BCUT2D eigenvalue weighted by atomic mass is 28.4. The number of nitrogens with zero attached hydrogens (tertiary/aromatic N) is 1. The summed E-state index contributed by atoms with van der Waals surface area (Å²) in [6.07, 6.45) is 0.672. The van der Waals surface area contributed by atoms with E-state index in [4.69, 9.17) is 9.16 Å². The first kappa shape index (κ1) is 24.0. The van der Waals surface area contributed by atoms with Gasteiger partial charge in [-0.25, -0.2) is 4.79 Å². The van der Waals surface area contributed by atoms with Gasteiger partial charge in [0.2, 0.25) is 5.78 Å². The number of nitrogens with one attached hydrogen (secondary N) is 1. The van der Waals surface area contributed by atoms with E-state index >= 15 is 0 Å². The Morgan fingerprint density at radius 1 is 1.10 bits per heavy atom. The van der Waals surface area contributed by atoms with Gasteiger partial charge in [0, 0.05) is 17.7 Å². The van der Waals surface area contributed by atoms with E-state index in [1.165, 1.54) is 11.5 Å². The van der Waals surface area contributed by atoms with Gasteiger partial charge in [0.15, 0.2) is 8.32 Å². The fraction of sp³-hybridized carbons (Fsp3) is 0.500. The number of carbonyl (C=O) groups is 1. The number of hydrogen-bond acceptors (Lipinski definition) is 5. The Morgan fingerprint density at radius 2 is 1.73 bits per heavy atom. The zero-order valence-electron chi connectivity index (χ0n) is 18.7. The largest absolute Gasteiger partial charge is 0.417 e. The second kappa shape index (κ2) is 9.68. The number of ketones is 1. The molecule has 0 unspecified atom stereocenters. The Bertz CT molecular complexity index is 987. The van der Waals surface area contributed by atoms with Gasteiger partial charge >= 0.3 is 5.69 Å². The number of ether oxygens (including phenoxy) is 1. The summed E-state index contributed by atoms with van der Waals surface area (Å²) in [5.41, 5.74) is -0.594. The smallest absolute Gasteiger partial charge is 0.330 e. The first-order chi connectivity index (χ1) is 14.0. The summed E-state index contributed by atoms with van der Waals surface area (Å²) in [6.45, 7) is 13.3. The maximum absolute atomic E-state index is 12.9. The molecule has 1 aromatic heterocycles. The van der Waals surface area contributed by atoms with Crippen LogP contribution in [0.25, 0.3) is 0 Å². The zero-order chi connectivity index (χ0) is 22.5. The van der Waals surface area contributed by atoms with Crippen LogP contribution in [-0.2, 0) is 15.9 Å². The van der Waals surface area contributed by atoms with Crippen LogP contribution in [0.5, 0.6) is 0 Å². The predicted octanol–water partition coefficient (Wildman–Crippen LogP) is 3.46. The molecular weight excluding hydrogens is 400 g/mol. The number of aromatic nitrogens is 2. The fourth-order valence-corrected chi connectivity index (χ4v) is 3.76. The molecule has 0 aliphatic carbocycles. The van der Waals surface area contributed by atoms with Crippen molar-refractivity contribution in [1.82, 2.24) is 9.55 Å². The summed E-state index contributed by atoms with van der Waals surface area (Å²) in [4.78, 5) is 39.6. The van der Waals surface area contributed by atoms with E-state index in [-0.39, 0.29) is 28.8 Å². The molecule has 8 heteroatoms. The van der Waals surface area contributed by atoms with Gasteiger partial charge in [-0.05, 0) is 31.5 Å². The number of rotatable bonds is 9. The molecular formula is C22H32N2O5Si. The normalized spacial score (nSPS) is 12.2. The zero-order valence-corrected chi connectivity index (χ0v) is 19.7. The van der Waals surface area contributed by atoms with Crippen LogP contribution in [0.1, 0.15) is 48.8 Å². The van der Waals surface area contributed by atoms with E-state index in [0.29, 0.717) is 25.2 Å². The van der Waals surface area contributed by atoms with Crippen LogP contribution in [0.3, 0.4) is 0 Å². The van der Waals surface area contributed by atoms with Crippen molar-refractivity contribution in [1.29, 1.82) is 0 Å². The van der Waals surface area contributed by atoms with Crippen molar-refractivity contribution in [2.75, 3.05) is 13.2 Å². The number of benzene rings is 1. The molecule has 0 bridgehead atoms. The molecule has 2 rings (SSSR count). The first-order valence-corrected chi connectivity index (χ1v) is 13.0. The molecule has 0 radical (unpaired) electrons. The van der Waals surface area contributed by atoms with E-state index in [2.05, 4.69) is 38.8 Å². The Morgan fingerprint density at radius 3 is 2.33 bits per heavy atom. The predicted molar refractivity (Wildman–Crippen MR) is 120 cm³/mol. The molecule has 0 aliphatic rings. The van der Waals surface area contributed by atoms with Crippen molar-refractivity contribution in [2.24, 2.45) is 0 Å². The van der Waals surface area contributed by atoms with Crippen LogP contribution in [0.4, 0.5) is 0 Å². The van der Waals surface area contributed by atoms with Gasteiger partial charge in [0.05, 0.1) is 6.61 Å². The molecule has 2 aromatic rings. The van der Waals surface area contributed by atoms with Gasteiger partial charge in [-0.2, -0.15) is 0 Å². The molecule has 0 aliphatic heterocycles. The van der Waals surface area contributed by atoms with Crippen LogP contribution < -0.4 is 11.2 Å². The van der Waals surface area contributed by atoms with Crippen molar-refractivity contribution in [3.63, 3.8) is 0 Å². The molecule has 164 valence electrons. The van der Waals surface area contributed by atoms with Crippen molar-refractivity contribution in [3.8, 4) is 0 Å². The minimum Gasteiger partial charge on any atom is -0.417 e. The van der Waals surface area contributed by atoms with Crippen LogP contribution >= 0.6 is 0 Å². The highest BCUT2D eigenvalue weighted by Crippen LogP contribution is 2.36. The lowest BCUT2D eigenvalue weighted by molar-refractivity contribution is 0.0607. The highest BCUT2D eigenvalue weighted by Gasteiger charge is 2.36. The molecule has 1 heterocycles. The molecule has 30 heavy (non-hydrogen) atoms. The van der Waals surface area contributed by atoms with Crippen molar-refractivity contribution in [2.45, 2.75) is 59.0 Å². The van der Waals surface area contributed by atoms with Crippen LogP contribution in [0, 0.1) is 6.92 Å². The number of carbonyl (C=O) groups excluding carboxylic acids is 1. The topological polar surface area (TPSA) is 90.4 Å². The summed E-state index contributed by atoms with van der Waals surface area (Å²) in [5.74, 6) is -0.388. The van der Waals surface area contributed by atoms with Gasteiger partial charge in [-0.15, -0.1) is 0 Å². The molecule has 1 aromatic carbocycles. The lowest BCUT2D eigenvalue weighted by Crippen LogP contribution is -2.41. The van der Waals surface area contributed by atoms with E-state index in [0.717, 1.165) is 0 Å². The SMILES string of the molecule is Cc1c(C(=O)c2ccccc2)n(COCCCO[Si](C)(C)C(C)(C)C)c(=O)[nH]c1=O. The standard InChI is InChI=1S/C22H32N2O5Si/c1-16-18(19(25)17-11-8-7-9-12-17)24(21(27)23-20(16)26)15-28-13-10-14-29-30(5,6)22(2,3)4/h7-9,11-12H,10,13-15H2,1-6H3,(H,23,26,27). The maximum atomic E-state index is 12.9. The van der Waals surface area contributed by atoms with Gasteiger partial charge in [-0.1, -0.05) is 51.1 Å². The minimum atomic E-state index is -1.81. The van der Waals surface area contributed by atoms with Crippen LogP contribution in [-0.4, -0.2) is 36.9 Å². The van der Waals surface area contributed by atoms with Crippen molar-refractivity contribution < 1.29 is 14.0 Å². The summed E-state index contributed by atoms with van der Waals surface area (Å²) in [7, 11) is -1.81. The molecule has 7 nitrogen and oxygen atoms in total. The molecule has 0 saturated heterocycles. The van der Waals surface area contributed by atoms with Gasteiger partial charge in [0.25, 0.3) is 5.56 Å². The Hall–Kier alpha value is -2.29. The monoisotopic (exact) mass is 432 g/mol. The Labute approximate surface area is 178 Å². The van der Waals surface area contributed by atoms with E-state index in [1.54, 1.807) is 30.3 Å². The molecule has 0 saturated carbocycles. The van der Waals surface area contributed by atoms with Crippen molar-refractivity contribution >= 4 is 14.1 Å². The number of hydrogen-bond donors (Lipinski definition) is 1. The van der Waals surface area contributed by atoms with Crippen molar-refractivity contribution in [3.05, 3.63) is 68.0 Å². The van der Waals surface area contributed by atoms with Gasteiger partial charge < -0.3 is 9.16 Å². The third-order valence-corrected chi connectivity index (χ3v) is 10.1. The summed E-state index contributed by atoms with van der Waals surface area (Å²) >= 11 is 0. The fourth-order valence-electron chi connectivity index (χ4n) is 2.67. The van der Waals surface area contributed by atoms with Crippen LogP contribution in [0.15, 0.2) is 39.9 Å².